The Hall–Kier alpha value is -0.0600. The van der Waals surface area contributed by atoms with Crippen molar-refractivity contribution in [3.8, 4) is 0 Å². The van der Waals surface area contributed by atoms with Gasteiger partial charge >= 0.3 is 6.09 Å². The number of nitrogens with zero attached hydrogens (tertiary/aromatic N) is 4. The average Bonchev–Trinajstić information content (AvgIpc) is 3.03. The Morgan fingerprint density at radius 3 is 1.33 bits per heavy atom. The first-order valence-corrected chi connectivity index (χ1v) is 19.2. The van der Waals surface area contributed by atoms with Crippen molar-refractivity contribution in [2.24, 2.45) is 17.6 Å². The molecule has 1 amide bonds. The van der Waals surface area contributed by atoms with Crippen molar-refractivity contribution in [3.05, 3.63) is 0 Å². The molecule has 2 heterocycles. The largest absolute Gasteiger partial charge is 0.444 e. The van der Waals surface area contributed by atoms with Gasteiger partial charge in [0.2, 0.25) is 0 Å². The lowest BCUT2D eigenvalue weighted by atomic mass is 9.87. The summed E-state index contributed by atoms with van der Waals surface area (Å²) in [5, 5.41) is 3.06. The highest BCUT2D eigenvalue weighted by atomic mass is 35.5. The topological polar surface area (TPSA) is 77.3 Å². The highest BCUT2D eigenvalue weighted by Crippen LogP contribution is 2.29. The molecule has 2 aliphatic heterocycles. The van der Waals surface area contributed by atoms with Gasteiger partial charge in [-0.2, -0.15) is 0 Å². The van der Waals surface area contributed by atoms with E-state index in [9.17, 15) is 4.79 Å². The Morgan fingerprint density at radius 2 is 1.00 bits per heavy atom. The van der Waals surface area contributed by atoms with Gasteiger partial charge in [-0.3, -0.25) is 0 Å². The van der Waals surface area contributed by atoms with Crippen LogP contribution in [0.2, 0.25) is 0 Å². The molecule has 4 fully saturated rings. The minimum Gasteiger partial charge on any atom is -0.444 e. The van der Waals surface area contributed by atoms with E-state index in [1.165, 1.54) is 130 Å². The standard InChI is InChI=1S/C21H41N3O2.C16H33N3.3ClH/c1-6-23(7-2)16-17-12-14-24(15-13-17)19-10-8-18(9-11-19)22-20(25)26-21(3,4)5;1-3-18(4-2)13-14-9-11-19(12-10-14)16-7-5-15(17)6-8-16;;;/h17-19H,6-16H2,1-5H3,(H,22,25);14-16H,3-13,17H2,1-2H3;3*1H. The van der Waals surface area contributed by atoms with Gasteiger partial charge in [-0.15, -0.1) is 37.2 Å². The van der Waals surface area contributed by atoms with E-state index in [0.717, 1.165) is 30.7 Å². The molecule has 3 N–H and O–H groups in total. The summed E-state index contributed by atoms with van der Waals surface area (Å²) in [6.45, 7) is 27.3. The zero-order chi connectivity index (χ0) is 32.8. The number of halogens is 3. The third kappa shape index (κ3) is 17.4. The highest BCUT2D eigenvalue weighted by Gasteiger charge is 2.31. The molecule has 4 aliphatic rings. The maximum Gasteiger partial charge on any atom is 0.407 e. The molecule has 8 nitrogen and oxygen atoms in total. The van der Waals surface area contributed by atoms with Crippen LogP contribution in [0, 0.1) is 11.8 Å². The number of carbonyl (C=O) groups is 1. The lowest BCUT2D eigenvalue weighted by molar-refractivity contribution is 0.0461. The predicted molar refractivity (Wildman–Crippen MR) is 212 cm³/mol. The summed E-state index contributed by atoms with van der Waals surface area (Å²) in [7, 11) is 0. The van der Waals surface area contributed by atoms with Gasteiger partial charge in [0.25, 0.3) is 0 Å². The van der Waals surface area contributed by atoms with E-state index in [4.69, 9.17) is 10.5 Å². The van der Waals surface area contributed by atoms with Crippen LogP contribution in [0.5, 0.6) is 0 Å². The van der Waals surface area contributed by atoms with E-state index in [2.05, 4.69) is 52.6 Å². The Morgan fingerprint density at radius 1 is 0.646 bits per heavy atom. The second-order valence-electron chi connectivity index (χ2n) is 15.7. The number of hydrogen-bond donors (Lipinski definition) is 2. The van der Waals surface area contributed by atoms with Crippen molar-refractivity contribution in [3.63, 3.8) is 0 Å². The van der Waals surface area contributed by atoms with Gasteiger partial charge in [0.1, 0.15) is 5.60 Å². The molecular formula is C37H77Cl3N6O2. The molecule has 0 aromatic rings. The van der Waals surface area contributed by atoms with E-state index in [1.807, 2.05) is 20.8 Å². The summed E-state index contributed by atoms with van der Waals surface area (Å²) in [5.41, 5.74) is 5.59. The number of likely N-dealkylation sites (tertiary alicyclic amines) is 2. The zero-order valence-corrected chi connectivity index (χ0v) is 34.4. The van der Waals surface area contributed by atoms with Crippen LogP contribution in [-0.2, 0) is 4.74 Å². The molecular weight excluding hydrogens is 667 g/mol. The molecule has 4 rings (SSSR count). The van der Waals surface area contributed by atoms with Crippen molar-refractivity contribution in [1.29, 1.82) is 0 Å². The van der Waals surface area contributed by atoms with Crippen LogP contribution in [0.4, 0.5) is 4.79 Å². The van der Waals surface area contributed by atoms with Gasteiger partial charge in [-0.25, -0.2) is 4.79 Å². The van der Waals surface area contributed by atoms with Gasteiger partial charge in [0.05, 0.1) is 0 Å². The van der Waals surface area contributed by atoms with Crippen LogP contribution in [0.3, 0.4) is 0 Å². The quantitative estimate of drug-likeness (QED) is 0.228. The van der Waals surface area contributed by atoms with Crippen molar-refractivity contribution in [2.75, 3.05) is 65.4 Å². The summed E-state index contributed by atoms with van der Waals surface area (Å²) in [5.74, 6) is 1.80. The van der Waals surface area contributed by atoms with Gasteiger partial charge in [0, 0.05) is 37.3 Å². The minimum atomic E-state index is -0.420. The Balaban J connectivity index is 0.000000901. The number of nitrogens with two attached hydrogens (primary N) is 1. The SMILES string of the molecule is CCN(CC)CC1CCN(C2CCC(N)CC2)CC1.CCN(CC)CC1CCN(C2CCC(NC(=O)OC(C)(C)C)CC2)CC1.Cl.Cl.Cl. The molecule has 0 aromatic heterocycles. The fraction of sp³-hybridized carbons (Fsp3) is 0.973. The summed E-state index contributed by atoms with van der Waals surface area (Å²) < 4.78 is 5.38. The van der Waals surface area contributed by atoms with Gasteiger partial charge < -0.3 is 35.4 Å². The second kappa shape index (κ2) is 25.0. The van der Waals surface area contributed by atoms with Crippen LogP contribution >= 0.6 is 37.2 Å². The normalized spacial score (nSPS) is 26.4. The first kappa shape index (κ1) is 47.9. The number of amides is 1. The Bertz CT molecular complexity index is 797. The van der Waals surface area contributed by atoms with Crippen LogP contribution in [0.25, 0.3) is 0 Å². The Kier molecular flexibility index (Phi) is 25.0. The van der Waals surface area contributed by atoms with Crippen LogP contribution in [0.15, 0.2) is 0 Å². The molecule has 0 atom stereocenters. The number of hydrogen-bond acceptors (Lipinski definition) is 7. The van der Waals surface area contributed by atoms with Gasteiger partial charge in [0.15, 0.2) is 0 Å². The maximum atomic E-state index is 11.9. The average molecular weight is 744 g/mol. The smallest absolute Gasteiger partial charge is 0.407 e. The molecule has 0 aromatic carbocycles. The number of ether oxygens (including phenoxy) is 1. The van der Waals surface area contributed by atoms with E-state index in [0.29, 0.717) is 12.1 Å². The number of rotatable bonds is 11. The molecule has 0 spiro atoms. The third-order valence-corrected chi connectivity index (χ3v) is 11.3. The molecule has 2 saturated heterocycles. The minimum absolute atomic E-state index is 0. The van der Waals surface area contributed by atoms with E-state index < -0.39 is 5.60 Å². The van der Waals surface area contributed by atoms with Crippen molar-refractivity contribution < 1.29 is 9.53 Å². The number of carbonyl (C=O) groups excluding carboxylic acids is 1. The summed E-state index contributed by atoms with van der Waals surface area (Å²) in [6.07, 6.45) is 14.9. The highest BCUT2D eigenvalue weighted by molar-refractivity contribution is 5.86. The van der Waals surface area contributed by atoms with Crippen LogP contribution < -0.4 is 11.1 Å². The Labute approximate surface area is 315 Å². The maximum absolute atomic E-state index is 11.9. The molecule has 2 aliphatic carbocycles. The summed E-state index contributed by atoms with van der Waals surface area (Å²) in [4.78, 5) is 22.5. The molecule has 288 valence electrons. The molecule has 0 radical (unpaired) electrons. The third-order valence-electron chi connectivity index (χ3n) is 11.3. The second-order valence-corrected chi connectivity index (χ2v) is 15.7. The predicted octanol–water partition coefficient (Wildman–Crippen LogP) is 7.45. The first-order chi connectivity index (χ1) is 21.5. The number of alkyl carbamates (subject to hydrolysis) is 1. The van der Waals surface area contributed by atoms with Gasteiger partial charge in [-0.1, -0.05) is 27.7 Å². The molecule has 11 heteroatoms. The number of piperidine rings is 2. The lowest BCUT2D eigenvalue weighted by Gasteiger charge is -2.41. The fourth-order valence-corrected chi connectivity index (χ4v) is 8.22. The molecule has 0 bridgehead atoms. The van der Waals surface area contributed by atoms with E-state index in [-0.39, 0.29) is 49.4 Å². The van der Waals surface area contributed by atoms with Crippen molar-refractivity contribution in [2.45, 2.75) is 155 Å². The van der Waals surface area contributed by atoms with E-state index >= 15 is 0 Å². The fourth-order valence-electron chi connectivity index (χ4n) is 8.22. The van der Waals surface area contributed by atoms with Crippen LogP contribution in [0.1, 0.15) is 126 Å². The molecule has 2 saturated carbocycles. The van der Waals surface area contributed by atoms with Gasteiger partial charge in [-0.05, 0) is 162 Å². The van der Waals surface area contributed by atoms with Crippen molar-refractivity contribution >= 4 is 43.3 Å². The van der Waals surface area contributed by atoms with E-state index in [1.54, 1.807) is 0 Å². The monoisotopic (exact) mass is 743 g/mol. The lowest BCUT2D eigenvalue weighted by Crippen LogP contribution is -2.48. The summed E-state index contributed by atoms with van der Waals surface area (Å²) >= 11 is 0. The number of nitrogens with one attached hydrogen (secondary N) is 1. The molecule has 0 unspecified atom stereocenters. The zero-order valence-electron chi connectivity index (χ0n) is 31.9. The summed E-state index contributed by atoms with van der Waals surface area (Å²) in [6, 6.07) is 2.31. The van der Waals surface area contributed by atoms with Crippen molar-refractivity contribution in [1.82, 2.24) is 24.9 Å². The first-order valence-electron chi connectivity index (χ1n) is 19.2. The molecule has 48 heavy (non-hydrogen) atoms. The van der Waals surface area contributed by atoms with Crippen LogP contribution in [-0.4, -0.2) is 121 Å².